The summed E-state index contributed by atoms with van der Waals surface area (Å²) in [5.41, 5.74) is 0.283. The van der Waals surface area contributed by atoms with Crippen LogP contribution in [0.5, 0.6) is 0 Å². The van der Waals surface area contributed by atoms with Gasteiger partial charge in [0.15, 0.2) is 5.54 Å². The van der Waals surface area contributed by atoms with E-state index >= 15 is 0 Å². The molecule has 0 spiro atoms. The number of aromatic nitrogens is 1. The van der Waals surface area contributed by atoms with Crippen molar-refractivity contribution in [3.8, 4) is 0 Å². The molecule has 2 rings (SSSR count). The maximum Gasteiger partial charge on any atom is 0.226 e. The molecule has 15 heavy (non-hydrogen) atoms. The van der Waals surface area contributed by atoms with Gasteiger partial charge in [-0.25, -0.2) is 4.98 Å². The van der Waals surface area contributed by atoms with Crippen LogP contribution in [0.15, 0.2) is 21.6 Å². The van der Waals surface area contributed by atoms with E-state index in [-0.39, 0.29) is 6.61 Å². The molecule has 0 saturated heterocycles. The Balaban J connectivity index is 2.41. The molecule has 4 nitrogen and oxygen atoms in total. The first-order chi connectivity index (χ1) is 7.18. The van der Waals surface area contributed by atoms with Gasteiger partial charge < -0.3 is 9.52 Å². The fraction of sp³-hybridized carbons (Fsp3) is 0.455. The number of aliphatic hydroxyl groups is 1. The van der Waals surface area contributed by atoms with Crippen LogP contribution in [0.3, 0.4) is 0 Å². The smallest absolute Gasteiger partial charge is 0.226 e. The van der Waals surface area contributed by atoms with E-state index in [4.69, 9.17) is 9.52 Å². The van der Waals surface area contributed by atoms with Gasteiger partial charge in [0.2, 0.25) is 5.89 Å². The lowest BCUT2D eigenvalue weighted by Gasteiger charge is -2.18. The highest BCUT2D eigenvalue weighted by Crippen LogP contribution is 2.33. The van der Waals surface area contributed by atoms with Gasteiger partial charge in [0.05, 0.1) is 5.69 Å². The molecule has 0 fully saturated rings. The summed E-state index contributed by atoms with van der Waals surface area (Å²) in [7, 11) is 0. The van der Waals surface area contributed by atoms with Crippen molar-refractivity contribution in [1.29, 1.82) is 0 Å². The van der Waals surface area contributed by atoms with Crippen molar-refractivity contribution in [1.82, 2.24) is 4.98 Å². The number of hydrogen-bond acceptors (Lipinski definition) is 4. The molecule has 0 aromatic carbocycles. The molecule has 0 aliphatic carbocycles. The summed E-state index contributed by atoms with van der Waals surface area (Å²) in [6.07, 6.45) is 5.97. The molecule has 0 saturated carbocycles. The van der Waals surface area contributed by atoms with Crippen LogP contribution < -0.4 is 0 Å². The third-order valence-electron chi connectivity index (χ3n) is 2.65. The van der Waals surface area contributed by atoms with E-state index < -0.39 is 5.54 Å². The summed E-state index contributed by atoms with van der Waals surface area (Å²) in [6, 6.07) is 0. The van der Waals surface area contributed by atoms with Gasteiger partial charge in [0.25, 0.3) is 0 Å². The average molecular weight is 206 g/mol. The van der Waals surface area contributed by atoms with Crippen molar-refractivity contribution in [3.05, 3.63) is 29.5 Å². The summed E-state index contributed by atoms with van der Waals surface area (Å²) < 4.78 is 5.57. The maximum absolute atomic E-state index is 9.05. The van der Waals surface area contributed by atoms with Crippen LogP contribution in [0.4, 0.5) is 0 Å². The second-order valence-corrected chi connectivity index (χ2v) is 3.70. The molecule has 2 heterocycles. The summed E-state index contributed by atoms with van der Waals surface area (Å²) in [5, 5.41) is 9.05. The highest BCUT2D eigenvalue weighted by atomic mass is 16.4. The van der Waals surface area contributed by atoms with Gasteiger partial charge in [-0.15, -0.1) is 0 Å². The summed E-state index contributed by atoms with van der Waals surface area (Å²) in [6.45, 7) is 3.83. The van der Waals surface area contributed by atoms with Gasteiger partial charge in [-0.05, 0) is 26.0 Å². The van der Waals surface area contributed by atoms with Crippen molar-refractivity contribution in [2.24, 2.45) is 4.99 Å². The molecule has 1 aromatic rings. The Labute approximate surface area is 88.4 Å². The molecule has 0 amide bonds. The molecule has 4 heteroatoms. The monoisotopic (exact) mass is 206 g/mol. The fourth-order valence-corrected chi connectivity index (χ4v) is 1.63. The van der Waals surface area contributed by atoms with E-state index in [1.165, 1.54) is 0 Å². The molecule has 1 N–H and O–H groups in total. The van der Waals surface area contributed by atoms with Crippen molar-refractivity contribution < 1.29 is 9.52 Å². The van der Waals surface area contributed by atoms with Crippen molar-refractivity contribution >= 4 is 6.21 Å². The molecule has 0 bridgehead atoms. The second-order valence-electron chi connectivity index (χ2n) is 3.70. The normalized spacial score (nSPS) is 23.9. The van der Waals surface area contributed by atoms with Crippen LogP contribution in [0.25, 0.3) is 0 Å². The third kappa shape index (κ3) is 1.61. The summed E-state index contributed by atoms with van der Waals surface area (Å²) >= 11 is 0. The van der Waals surface area contributed by atoms with Crippen molar-refractivity contribution in [3.63, 3.8) is 0 Å². The molecule has 1 unspecified atom stereocenters. The Morgan fingerprint density at radius 3 is 2.73 bits per heavy atom. The van der Waals surface area contributed by atoms with E-state index in [2.05, 4.69) is 9.98 Å². The van der Waals surface area contributed by atoms with E-state index in [1.54, 1.807) is 6.21 Å². The number of aliphatic hydroxyl groups excluding tert-OH is 1. The van der Waals surface area contributed by atoms with Gasteiger partial charge >= 0.3 is 0 Å². The number of oxazole rings is 1. The highest BCUT2D eigenvalue weighted by molar-refractivity contribution is 5.75. The first-order valence-corrected chi connectivity index (χ1v) is 4.96. The molecule has 0 radical (unpaired) electrons. The lowest BCUT2D eigenvalue weighted by molar-refractivity contribution is 0.242. The van der Waals surface area contributed by atoms with E-state index in [0.29, 0.717) is 12.3 Å². The Hall–Kier alpha value is -1.42. The third-order valence-corrected chi connectivity index (χ3v) is 2.65. The Morgan fingerprint density at radius 2 is 2.27 bits per heavy atom. The van der Waals surface area contributed by atoms with Crippen molar-refractivity contribution in [2.75, 3.05) is 6.61 Å². The number of aryl methyl sites for hydroxylation is 2. The lowest BCUT2D eigenvalue weighted by Crippen LogP contribution is -2.21. The number of hydrogen-bond donors (Lipinski definition) is 1. The maximum atomic E-state index is 9.05. The predicted octanol–water partition coefficient (Wildman–Crippen LogP) is 1.51. The average Bonchev–Trinajstić information content (AvgIpc) is 2.77. The standard InChI is InChI=1S/C11H14N2O2/c1-8-9(2)15-10(13-8)11(5-7-14)4-3-6-12-11/h3-4,6,14H,5,7H2,1-2H3. The Morgan fingerprint density at radius 1 is 1.47 bits per heavy atom. The van der Waals surface area contributed by atoms with Crippen LogP contribution in [0, 0.1) is 13.8 Å². The van der Waals surface area contributed by atoms with Gasteiger partial charge in [-0.1, -0.05) is 0 Å². The second kappa shape index (κ2) is 3.62. The van der Waals surface area contributed by atoms with Gasteiger partial charge in [0.1, 0.15) is 5.76 Å². The Kier molecular flexibility index (Phi) is 2.44. The molecule has 1 aromatic heterocycles. The first kappa shape index (κ1) is 10.1. The number of allylic oxidation sites excluding steroid dienone is 1. The minimum atomic E-state index is -0.590. The molecule has 1 aliphatic heterocycles. The van der Waals surface area contributed by atoms with Crippen LogP contribution >= 0.6 is 0 Å². The highest BCUT2D eigenvalue weighted by Gasteiger charge is 2.35. The van der Waals surface area contributed by atoms with Crippen LogP contribution in [-0.2, 0) is 5.54 Å². The van der Waals surface area contributed by atoms with E-state index in [0.717, 1.165) is 11.5 Å². The summed E-state index contributed by atoms with van der Waals surface area (Å²) in [4.78, 5) is 8.67. The van der Waals surface area contributed by atoms with Crippen molar-refractivity contribution in [2.45, 2.75) is 25.8 Å². The van der Waals surface area contributed by atoms with Crippen LogP contribution in [0.2, 0.25) is 0 Å². The summed E-state index contributed by atoms with van der Waals surface area (Å²) in [5.74, 6) is 1.37. The zero-order chi connectivity index (χ0) is 10.9. The predicted molar refractivity (Wildman–Crippen MR) is 57.0 cm³/mol. The molecular formula is C11H14N2O2. The number of rotatable bonds is 3. The molecule has 1 atom stereocenters. The van der Waals surface area contributed by atoms with E-state index in [1.807, 2.05) is 26.0 Å². The molecule has 80 valence electrons. The van der Waals surface area contributed by atoms with Crippen LogP contribution in [0.1, 0.15) is 23.8 Å². The minimum absolute atomic E-state index is 0.0577. The zero-order valence-electron chi connectivity index (χ0n) is 8.90. The van der Waals surface area contributed by atoms with Crippen LogP contribution in [-0.4, -0.2) is 22.9 Å². The quantitative estimate of drug-likeness (QED) is 0.815. The molecular weight excluding hydrogens is 192 g/mol. The topological polar surface area (TPSA) is 58.6 Å². The first-order valence-electron chi connectivity index (χ1n) is 4.96. The zero-order valence-corrected chi connectivity index (χ0v) is 8.90. The largest absolute Gasteiger partial charge is 0.443 e. The minimum Gasteiger partial charge on any atom is -0.443 e. The van der Waals surface area contributed by atoms with E-state index in [9.17, 15) is 0 Å². The molecule has 1 aliphatic rings. The fourth-order valence-electron chi connectivity index (χ4n) is 1.63. The Bertz CT molecular complexity index is 387. The number of nitrogens with zero attached hydrogens (tertiary/aromatic N) is 2. The SMILES string of the molecule is Cc1nc(C2(CCO)C=CC=N2)oc1C. The van der Waals surface area contributed by atoms with Gasteiger partial charge in [0, 0.05) is 19.2 Å². The van der Waals surface area contributed by atoms with Gasteiger partial charge in [-0.2, -0.15) is 0 Å². The van der Waals surface area contributed by atoms with Gasteiger partial charge in [-0.3, -0.25) is 4.99 Å². The lowest BCUT2D eigenvalue weighted by atomic mass is 9.97. The number of aliphatic imine (C=N–C) groups is 1.